The molecule has 0 radical (unpaired) electrons. The summed E-state index contributed by atoms with van der Waals surface area (Å²) < 4.78 is 75.0. The van der Waals surface area contributed by atoms with Crippen molar-refractivity contribution in [3.63, 3.8) is 0 Å². The number of alkyl halides is 2. The number of hydrogen-bond donors (Lipinski definition) is 1. The molecule has 1 amide bonds. The van der Waals surface area contributed by atoms with Gasteiger partial charge >= 0.3 is 0 Å². The Balaban J connectivity index is 1.60. The molecule has 10 nitrogen and oxygen atoms in total. The highest BCUT2D eigenvalue weighted by Gasteiger charge is 2.35. The van der Waals surface area contributed by atoms with E-state index in [1.165, 1.54) is 17.7 Å². The SMILES string of the molecule is Cn1c(C(=O)NC2(C)CCS(=O)(=O)CC2)nc2cc(F)c(Oc3ncc(Cl)cc3OCC(F)F)nc21. The van der Waals surface area contributed by atoms with Crippen LogP contribution in [0.3, 0.4) is 0 Å². The molecule has 0 atom stereocenters. The van der Waals surface area contributed by atoms with Crippen LogP contribution in [0.2, 0.25) is 5.02 Å². The number of nitrogens with zero attached hydrogens (tertiary/aromatic N) is 4. The van der Waals surface area contributed by atoms with E-state index in [9.17, 15) is 26.4 Å². The van der Waals surface area contributed by atoms with E-state index in [1.807, 2.05) is 0 Å². The van der Waals surface area contributed by atoms with Gasteiger partial charge in [-0.1, -0.05) is 11.6 Å². The van der Waals surface area contributed by atoms with Crippen molar-refractivity contribution in [2.75, 3.05) is 18.1 Å². The summed E-state index contributed by atoms with van der Waals surface area (Å²) in [6.07, 6.45) is -1.12. The lowest BCUT2D eigenvalue weighted by molar-refractivity contribution is 0.0803. The van der Waals surface area contributed by atoms with Gasteiger partial charge in [0.2, 0.25) is 5.82 Å². The van der Waals surface area contributed by atoms with Gasteiger partial charge in [-0.2, -0.15) is 4.98 Å². The highest BCUT2D eigenvalue weighted by molar-refractivity contribution is 7.91. The molecule has 3 aromatic heterocycles. The predicted octanol–water partition coefficient (Wildman–Crippen LogP) is 3.29. The Morgan fingerprint density at radius 3 is 2.61 bits per heavy atom. The number of aromatic nitrogens is 4. The van der Waals surface area contributed by atoms with Crippen LogP contribution in [0.4, 0.5) is 13.2 Å². The molecule has 1 N–H and O–H groups in total. The van der Waals surface area contributed by atoms with Gasteiger partial charge < -0.3 is 19.4 Å². The summed E-state index contributed by atoms with van der Waals surface area (Å²) in [4.78, 5) is 25.0. The number of carbonyl (C=O) groups is 1. The van der Waals surface area contributed by atoms with Gasteiger partial charge in [-0.15, -0.1) is 0 Å². The summed E-state index contributed by atoms with van der Waals surface area (Å²) >= 11 is 5.84. The largest absolute Gasteiger partial charge is 0.482 e. The van der Waals surface area contributed by atoms with Gasteiger partial charge in [0.15, 0.2) is 17.2 Å². The Bertz CT molecular complexity index is 1420. The van der Waals surface area contributed by atoms with Crippen LogP contribution >= 0.6 is 11.6 Å². The number of aryl methyl sites for hydroxylation is 1. The monoisotopic (exact) mass is 547 g/mol. The number of ether oxygens (including phenoxy) is 2. The van der Waals surface area contributed by atoms with Gasteiger partial charge in [0.25, 0.3) is 24.1 Å². The average Bonchev–Trinajstić information content (AvgIpc) is 3.12. The van der Waals surface area contributed by atoms with E-state index >= 15 is 0 Å². The number of imidazole rings is 1. The fourth-order valence-corrected chi connectivity index (χ4v) is 5.50. The van der Waals surface area contributed by atoms with Crippen LogP contribution in [-0.2, 0) is 16.9 Å². The van der Waals surface area contributed by atoms with Gasteiger partial charge in [-0.05, 0) is 19.8 Å². The van der Waals surface area contributed by atoms with E-state index in [-0.39, 0.29) is 58.0 Å². The molecular formula is C21H21ClF3N5O5S. The molecule has 0 bridgehead atoms. The molecule has 0 aliphatic carbocycles. The van der Waals surface area contributed by atoms with E-state index < -0.39 is 46.0 Å². The fourth-order valence-electron chi connectivity index (χ4n) is 3.62. The van der Waals surface area contributed by atoms with Crippen LogP contribution in [-0.4, -0.2) is 63.9 Å². The molecular weight excluding hydrogens is 527 g/mol. The van der Waals surface area contributed by atoms with E-state index in [0.717, 1.165) is 12.3 Å². The number of rotatable bonds is 7. The third-order valence-corrected chi connectivity index (χ3v) is 7.52. The molecule has 0 unspecified atom stereocenters. The van der Waals surface area contributed by atoms with Crippen molar-refractivity contribution in [1.82, 2.24) is 24.8 Å². The lowest BCUT2D eigenvalue weighted by Gasteiger charge is -2.34. The molecule has 36 heavy (non-hydrogen) atoms. The Hall–Kier alpha value is -3.13. The highest BCUT2D eigenvalue weighted by atomic mass is 35.5. The number of fused-ring (bicyclic) bond motifs is 1. The maximum Gasteiger partial charge on any atom is 0.287 e. The molecule has 1 aliphatic heterocycles. The highest BCUT2D eigenvalue weighted by Crippen LogP contribution is 2.33. The number of hydrogen-bond acceptors (Lipinski definition) is 8. The van der Waals surface area contributed by atoms with Crippen molar-refractivity contribution in [3.05, 3.63) is 35.0 Å². The third-order valence-electron chi connectivity index (χ3n) is 5.66. The first-order valence-corrected chi connectivity index (χ1v) is 12.9. The van der Waals surface area contributed by atoms with E-state index in [2.05, 4.69) is 20.3 Å². The summed E-state index contributed by atoms with van der Waals surface area (Å²) in [5.74, 6) is -2.82. The zero-order valence-electron chi connectivity index (χ0n) is 19.1. The van der Waals surface area contributed by atoms with Gasteiger partial charge in [-0.3, -0.25) is 4.79 Å². The number of sulfone groups is 1. The van der Waals surface area contributed by atoms with Gasteiger partial charge in [-0.25, -0.2) is 31.6 Å². The zero-order chi connectivity index (χ0) is 26.3. The maximum atomic E-state index is 14.8. The number of halogens is 4. The lowest BCUT2D eigenvalue weighted by Crippen LogP contribution is -2.51. The summed E-state index contributed by atoms with van der Waals surface area (Å²) in [7, 11) is -1.64. The minimum atomic E-state index is -3.13. The molecule has 1 aliphatic rings. The van der Waals surface area contributed by atoms with Crippen molar-refractivity contribution in [2.45, 2.75) is 31.7 Å². The Morgan fingerprint density at radius 1 is 1.25 bits per heavy atom. The summed E-state index contributed by atoms with van der Waals surface area (Å²) in [5.41, 5.74) is -0.596. The van der Waals surface area contributed by atoms with Gasteiger partial charge in [0.1, 0.15) is 22.0 Å². The number of nitrogens with one attached hydrogen (secondary N) is 1. The van der Waals surface area contributed by atoms with Crippen molar-refractivity contribution in [3.8, 4) is 17.5 Å². The molecule has 15 heteroatoms. The molecule has 1 saturated heterocycles. The van der Waals surface area contributed by atoms with Crippen LogP contribution in [0.1, 0.15) is 30.4 Å². The maximum absolute atomic E-state index is 14.8. The fraction of sp³-hybridized carbons (Fsp3) is 0.429. The van der Waals surface area contributed by atoms with E-state index in [0.29, 0.717) is 0 Å². The number of amides is 1. The smallest absolute Gasteiger partial charge is 0.287 e. The van der Waals surface area contributed by atoms with Crippen LogP contribution in [0.15, 0.2) is 18.3 Å². The Kier molecular flexibility index (Phi) is 7.01. The molecule has 1 fully saturated rings. The van der Waals surface area contributed by atoms with Crippen molar-refractivity contribution in [1.29, 1.82) is 0 Å². The first kappa shape index (κ1) is 25.9. The molecule has 3 aromatic rings. The van der Waals surface area contributed by atoms with Crippen molar-refractivity contribution < 1.29 is 35.9 Å². The molecule has 4 rings (SSSR count). The minimum absolute atomic E-state index is 0.0401. The first-order chi connectivity index (χ1) is 16.9. The second-order valence-corrected chi connectivity index (χ2v) is 11.3. The van der Waals surface area contributed by atoms with E-state index in [1.54, 1.807) is 6.92 Å². The second-order valence-electron chi connectivity index (χ2n) is 8.54. The predicted molar refractivity (Wildman–Crippen MR) is 123 cm³/mol. The summed E-state index contributed by atoms with van der Waals surface area (Å²) in [5, 5.41) is 2.90. The average molecular weight is 548 g/mol. The van der Waals surface area contributed by atoms with Crippen LogP contribution in [0.25, 0.3) is 11.2 Å². The van der Waals surface area contributed by atoms with Crippen molar-refractivity contribution in [2.24, 2.45) is 7.05 Å². The topological polar surface area (TPSA) is 125 Å². The Morgan fingerprint density at radius 2 is 1.94 bits per heavy atom. The van der Waals surface area contributed by atoms with Gasteiger partial charge in [0.05, 0.1) is 16.5 Å². The Labute approximate surface area is 208 Å². The number of pyridine rings is 2. The molecule has 0 saturated carbocycles. The lowest BCUT2D eigenvalue weighted by atomic mass is 9.95. The minimum Gasteiger partial charge on any atom is -0.482 e. The molecule has 0 aromatic carbocycles. The third kappa shape index (κ3) is 5.64. The zero-order valence-corrected chi connectivity index (χ0v) is 20.7. The first-order valence-electron chi connectivity index (χ1n) is 10.7. The van der Waals surface area contributed by atoms with E-state index in [4.69, 9.17) is 21.1 Å². The van der Waals surface area contributed by atoms with Crippen LogP contribution in [0, 0.1) is 5.82 Å². The van der Waals surface area contributed by atoms with Crippen LogP contribution in [0.5, 0.6) is 17.5 Å². The summed E-state index contributed by atoms with van der Waals surface area (Å²) in [6.45, 7) is 0.789. The second kappa shape index (κ2) is 9.73. The van der Waals surface area contributed by atoms with Crippen LogP contribution < -0.4 is 14.8 Å². The molecule has 194 valence electrons. The normalized spacial score (nSPS) is 16.8. The van der Waals surface area contributed by atoms with Crippen molar-refractivity contribution >= 4 is 38.5 Å². The standard InChI is InChI=1S/C21H21ClF3N5O5S/c1-21(3-5-36(32,33)6-4-21)29-18(31)17-27-13-8-12(23)19(28-16(13)30(17)2)35-20-14(34-10-15(24)25)7-11(22)9-26-20/h7-9,15H,3-6,10H2,1-2H3,(H,29,31). The quantitative estimate of drug-likeness (QED) is 0.478. The number of carbonyl (C=O) groups excluding carboxylic acids is 1. The molecule has 4 heterocycles. The summed E-state index contributed by atoms with van der Waals surface area (Å²) in [6, 6.07) is 2.19. The van der Waals surface area contributed by atoms with Gasteiger partial charge in [0, 0.05) is 30.9 Å². The molecule has 0 spiro atoms.